The summed E-state index contributed by atoms with van der Waals surface area (Å²) in [5.74, 6) is 0.865. The Morgan fingerprint density at radius 2 is 2.23 bits per heavy atom. The summed E-state index contributed by atoms with van der Waals surface area (Å²) < 4.78 is 7.72. The van der Waals surface area contributed by atoms with Gasteiger partial charge in [0.1, 0.15) is 11.4 Å². The number of nitrogens with zero attached hydrogens (tertiary/aromatic N) is 3. The van der Waals surface area contributed by atoms with Crippen LogP contribution in [-0.4, -0.2) is 53.9 Å². The minimum absolute atomic E-state index is 0.0385. The van der Waals surface area contributed by atoms with Crippen LogP contribution < -0.4 is 10.1 Å². The number of para-hydroxylation sites is 1. The number of rotatable bonds is 7. The highest BCUT2D eigenvalue weighted by Gasteiger charge is 2.19. The normalized spacial score (nSPS) is 17.1. The molecule has 1 aliphatic heterocycles. The molecule has 0 aliphatic carbocycles. The molecule has 2 aromatic rings. The van der Waals surface area contributed by atoms with Gasteiger partial charge in [-0.1, -0.05) is 18.2 Å². The Morgan fingerprint density at radius 1 is 1.38 bits per heavy atom. The summed E-state index contributed by atoms with van der Waals surface area (Å²) in [4.78, 5) is 14.3. The van der Waals surface area contributed by atoms with Crippen molar-refractivity contribution in [2.45, 2.75) is 32.2 Å². The van der Waals surface area contributed by atoms with E-state index in [0.717, 1.165) is 43.7 Å². The van der Waals surface area contributed by atoms with Crippen LogP contribution in [0.5, 0.6) is 5.75 Å². The first-order valence-electron chi connectivity index (χ1n) is 9.35. The molecule has 1 amide bonds. The Balaban J connectivity index is 1.45. The molecule has 2 heterocycles. The number of hydrogen-bond donors (Lipinski definition) is 1. The zero-order valence-corrected chi connectivity index (χ0v) is 15.6. The number of aryl methyl sites for hydroxylation is 1. The molecule has 1 unspecified atom stereocenters. The predicted octanol–water partition coefficient (Wildman–Crippen LogP) is 2.66. The second-order valence-electron chi connectivity index (χ2n) is 6.88. The molecule has 1 aliphatic rings. The van der Waals surface area contributed by atoms with Crippen molar-refractivity contribution >= 4 is 5.91 Å². The summed E-state index contributed by atoms with van der Waals surface area (Å²) in [7, 11) is 1.82. The van der Waals surface area contributed by atoms with Gasteiger partial charge in [-0.3, -0.25) is 9.48 Å². The second-order valence-corrected chi connectivity index (χ2v) is 6.88. The van der Waals surface area contributed by atoms with Crippen molar-refractivity contribution in [3.8, 4) is 5.75 Å². The Morgan fingerprint density at radius 3 is 3.00 bits per heavy atom. The monoisotopic (exact) mass is 356 g/mol. The molecule has 0 saturated carbocycles. The highest BCUT2D eigenvalue weighted by molar-refractivity contribution is 5.91. The topological polar surface area (TPSA) is 59.4 Å². The molecule has 1 fully saturated rings. The summed E-state index contributed by atoms with van der Waals surface area (Å²) >= 11 is 0. The van der Waals surface area contributed by atoms with Crippen molar-refractivity contribution in [1.82, 2.24) is 20.0 Å². The third-order valence-electron chi connectivity index (χ3n) is 4.81. The summed E-state index contributed by atoms with van der Waals surface area (Å²) in [6, 6.07) is 10.1. The van der Waals surface area contributed by atoms with Gasteiger partial charge in [-0.25, -0.2) is 0 Å². The van der Waals surface area contributed by atoms with E-state index in [0.29, 0.717) is 24.9 Å². The van der Waals surface area contributed by atoms with Gasteiger partial charge in [-0.05, 0) is 50.4 Å². The zero-order valence-electron chi connectivity index (χ0n) is 15.6. The molecule has 0 bridgehead atoms. The number of nitrogens with one attached hydrogen (secondary N) is 1. The van der Waals surface area contributed by atoms with Crippen LogP contribution in [0.1, 0.15) is 41.4 Å². The van der Waals surface area contributed by atoms with Gasteiger partial charge in [0.15, 0.2) is 0 Å². The molecular weight excluding hydrogens is 328 g/mol. The molecule has 6 nitrogen and oxygen atoms in total. The molecule has 0 spiro atoms. The van der Waals surface area contributed by atoms with Crippen LogP contribution in [0.15, 0.2) is 36.5 Å². The quantitative estimate of drug-likeness (QED) is 0.775. The number of piperidine rings is 1. The van der Waals surface area contributed by atoms with Crippen LogP contribution in [0.4, 0.5) is 0 Å². The van der Waals surface area contributed by atoms with Crippen LogP contribution in [-0.2, 0) is 0 Å². The summed E-state index contributed by atoms with van der Waals surface area (Å²) in [5, 5.41) is 7.87. The lowest BCUT2D eigenvalue weighted by Gasteiger charge is -2.23. The molecule has 26 heavy (non-hydrogen) atoms. The number of hydrogen-bond acceptors (Lipinski definition) is 4. The Bertz CT molecular complexity index is 722. The standard InChI is InChI=1S/C20H28N4O2/c1-16-7-3-4-9-19(16)26-14-6-12-23(2)20(25)18-10-13-24(22-18)17-8-5-11-21-15-17/h3-4,7,9-10,13,17,21H,5-6,8,11-12,14-15H2,1-2H3. The van der Waals surface area contributed by atoms with E-state index in [-0.39, 0.29) is 5.91 Å². The maximum Gasteiger partial charge on any atom is 0.274 e. The SMILES string of the molecule is Cc1ccccc1OCCCN(C)C(=O)c1ccn(C2CCCNC2)n1. The highest BCUT2D eigenvalue weighted by Crippen LogP contribution is 2.17. The molecule has 0 radical (unpaired) electrons. The summed E-state index contributed by atoms with van der Waals surface area (Å²) in [5.41, 5.74) is 1.64. The number of aromatic nitrogens is 2. The largest absolute Gasteiger partial charge is 0.493 e. The fourth-order valence-corrected chi connectivity index (χ4v) is 3.21. The van der Waals surface area contributed by atoms with Crippen molar-refractivity contribution in [1.29, 1.82) is 0 Å². The average Bonchev–Trinajstić information content (AvgIpc) is 3.16. The molecule has 140 valence electrons. The van der Waals surface area contributed by atoms with E-state index in [1.165, 1.54) is 0 Å². The van der Waals surface area contributed by atoms with E-state index in [4.69, 9.17) is 4.74 Å². The minimum atomic E-state index is -0.0385. The second kappa shape index (κ2) is 8.85. The van der Waals surface area contributed by atoms with Crippen molar-refractivity contribution in [2.24, 2.45) is 0 Å². The van der Waals surface area contributed by atoms with Gasteiger partial charge in [-0.2, -0.15) is 5.10 Å². The fourth-order valence-electron chi connectivity index (χ4n) is 3.21. The summed E-state index contributed by atoms with van der Waals surface area (Å²) in [6.07, 6.45) is 4.95. The number of ether oxygens (including phenoxy) is 1. The first-order valence-corrected chi connectivity index (χ1v) is 9.35. The number of benzene rings is 1. The molecule has 1 N–H and O–H groups in total. The van der Waals surface area contributed by atoms with Gasteiger partial charge in [0.25, 0.3) is 5.91 Å². The Hall–Kier alpha value is -2.34. The number of amides is 1. The number of carbonyl (C=O) groups is 1. The van der Waals surface area contributed by atoms with Crippen LogP contribution in [0, 0.1) is 6.92 Å². The third-order valence-corrected chi connectivity index (χ3v) is 4.81. The van der Waals surface area contributed by atoms with Crippen LogP contribution in [0.3, 0.4) is 0 Å². The van der Waals surface area contributed by atoms with E-state index in [9.17, 15) is 4.79 Å². The maximum atomic E-state index is 12.6. The van der Waals surface area contributed by atoms with Crippen LogP contribution in [0.25, 0.3) is 0 Å². The average molecular weight is 356 g/mol. The van der Waals surface area contributed by atoms with Crippen molar-refractivity contribution in [3.63, 3.8) is 0 Å². The molecule has 1 saturated heterocycles. The predicted molar refractivity (Wildman–Crippen MR) is 102 cm³/mol. The molecule has 6 heteroatoms. The van der Waals surface area contributed by atoms with Crippen molar-refractivity contribution < 1.29 is 9.53 Å². The minimum Gasteiger partial charge on any atom is -0.493 e. The van der Waals surface area contributed by atoms with Gasteiger partial charge in [0.05, 0.1) is 12.6 Å². The molecular formula is C20H28N4O2. The van der Waals surface area contributed by atoms with E-state index in [2.05, 4.69) is 10.4 Å². The van der Waals surface area contributed by atoms with Gasteiger partial charge < -0.3 is 15.0 Å². The van der Waals surface area contributed by atoms with E-state index < -0.39 is 0 Å². The Kier molecular flexibility index (Phi) is 6.28. The van der Waals surface area contributed by atoms with E-state index in [1.807, 2.05) is 55.2 Å². The lowest BCUT2D eigenvalue weighted by Crippen LogP contribution is -2.32. The molecule has 1 atom stereocenters. The lowest BCUT2D eigenvalue weighted by molar-refractivity contribution is 0.0780. The van der Waals surface area contributed by atoms with Gasteiger partial charge >= 0.3 is 0 Å². The zero-order chi connectivity index (χ0) is 18.4. The highest BCUT2D eigenvalue weighted by atomic mass is 16.5. The lowest BCUT2D eigenvalue weighted by atomic mass is 10.1. The van der Waals surface area contributed by atoms with E-state index >= 15 is 0 Å². The van der Waals surface area contributed by atoms with Gasteiger partial charge in [-0.15, -0.1) is 0 Å². The summed E-state index contributed by atoms with van der Waals surface area (Å²) in [6.45, 7) is 5.24. The smallest absolute Gasteiger partial charge is 0.274 e. The van der Waals surface area contributed by atoms with Gasteiger partial charge in [0, 0.05) is 26.3 Å². The number of carbonyl (C=O) groups excluding carboxylic acids is 1. The molecule has 3 rings (SSSR count). The Labute approximate surface area is 155 Å². The molecule has 1 aromatic heterocycles. The van der Waals surface area contributed by atoms with Crippen LogP contribution >= 0.6 is 0 Å². The van der Waals surface area contributed by atoms with Gasteiger partial charge in [0.2, 0.25) is 0 Å². The van der Waals surface area contributed by atoms with Crippen molar-refractivity contribution in [2.75, 3.05) is 33.3 Å². The first kappa shape index (κ1) is 18.5. The maximum absolute atomic E-state index is 12.6. The third kappa shape index (κ3) is 4.64. The van der Waals surface area contributed by atoms with E-state index in [1.54, 1.807) is 4.90 Å². The fraction of sp³-hybridized carbons (Fsp3) is 0.500. The van der Waals surface area contributed by atoms with Crippen LogP contribution in [0.2, 0.25) is 0 Å². The first-order chi connectivity index (χ1) is 12.6. The van der Waals surface area contributed by atoms with Crippen molar-refractivity contribution in [3.05, 3.63) is 47.8 Å². The molecule has 1 aromatic carbocycles.